The van der Waals surface area contributed by atoms with Crippen molar-refractivity contribution in [2.24, 2.45) is 0 Å². The Labute approximate surface area is 123 Å². The molecule has 0 aromatic heterocycles. The maximum atomic E-state index is 11.9. The molecule has 0 unspecified atom stereocenters. The molecular formula is C15H21BrN2O. The van der Waals surface area contributed by atoms with E-state index < -0.39 is 0 Å². The van der Waals surface area contributed by atoms with Crippen molar-refractivity contribution in [1.82, 2.24) is 5.32 Å². The van der Waals surface area contributed by atoms with Crippen LogP contribution in [0.4, 0.5) is 5.69 Å². The van der Waals surface area contributed by atoms with Gasteiger partial charge in [0.1, 0.15) is 0 Å². The molecule has 0 bridgehead atoms. The van der Waals surface area contributed by atoms with Gasteiger partial charge in [-0.1, -0.05) is 41.3 Å². The summed E-state index contributed by atoms with van der Waals surface area (Å²) >= 11 is 3.49. The van der Waals surface area contributed by atoms with Crippen molar-refractivity contribution in [3.63, 3.8) is 0 Å². The fourth-order valence-corrected chi connectivity index (χ4v) is 2.79. The molecule has 1 aromatic rings. The van der Waals surface area contributed by atoms with Gasteiger partial charge < -0.3 is 10.6 Å². The summed E-state index contributed by atoms with van der Waals surface area (Å²) in [4.78, 5) is 11.9. The van der Waals surface area contributed by atoms with E-state index in [4.69, 9.17) is 0 Å². The third kappa shape index (κ3) is 4.53. The van der Waals surface area contributed by atoms with Crippen molar-refractivity contribution in [3.05, 3.63) is 28.2 Å². The third-order valence-electron chi connectivity index (χ3n) is 3.60. The van der Waals surface area contributed by atoms with Gasteiger partial charge in [0.25, 0.3) is 0 Å². The van der Waals surface area contributed by atoms with Crippen LogP contribution in [-0.2, 0) is 4.79 Å². The Kier molecular flexibility index (Phi) is 5.25. The van der Waals surface area contributed by atoms with Crippen LogP contribution in [0.3, 0.4) is 0 Å². The number of amides is 1. The van der Waals surface area contributed by atoms with Crippen LogP contribution in [0.5, 0.6) is 0 Å². The average Bonchev–Trinajstić information content (AvgIpc) is 2.41. The third-order valence-corrected chi connectivity index (χ3v) is 4.45. The van der Waals surface area contributed by atoms with Crippen molar-refractivity contribution in [2.45, 2.75) is 45.1 Å². The predicted octanol–water partition coefficient (Wildman–Crippen LogP) is 3.62. The zero-order valence-electron chi connectivity index (χ0n) is 11.3. The van der Waals surface area contributed by atoms with E-state index in [1.54, 1.807) is 0 Å². The molecule has 1 fully saturated rings. The van der Waals surface area contributed by atoms with E-state index in [1.807, 2.05) is 25.1 Å². The molecular weight excluding hydrogens is 304 g/mol. The zero-order chi connectivity index (χ0) is 13.7. The van der Waals surface area contributed by atoms with E-state index >= 15 is 0 Å². The number of benzene rings is 1. The summed E-state index contributed by atoms with van der Waals surface area (Å²) in [6.45, 7) is 2.38. The molecule has 1 aliphatic carbocycles. The van der Waals surface area contributed by atoms with Crippen LogP contribution in [0.1, 0.15) is 37.7 Å². The number of carbonyl (C=O) groups is 1. The van der Waals surface area contributed by atoms with Crippen LogP contribution < -0.4 is 10.6 Å². The van der Waals surface area contributed by atoms with E-state index in [0.717, 1.165) is 23.0 Å². The Bertz CT molecular complexity index is 442. The summed E-state index contributed by atoms with van der Waals surface area (Å²) < 4.78 is 1.06. The highest BCUT2D eigenvalue weighted by Gasteiger charge is 2.15. The fraction of sp³-hybridized carbons (Fsp3) is 0.533. The molecule has 0 heterocycles. The molecule has 0 aliphatic heterocycles. The molecule has 0 spiro atoms. The Morgan fingerprint density at radius 3 is 2.74 bits per heavy atom. The lowest BCUT2D eigenvalue weighted by molar-refractivity contribution is -0.120. The number of anilines is 1. The van der Waals surface area contributed by atoms with Crippen LogP contribution in [0.15, 0.2) is 22.7 Å². The Balaban J connectivity index is 1.77. The molecule has 1 aromatic carbocycles. The standard InChI is InChI=1S/C15H21BrN2O/c1-11-7-8-13(9-14(11)16)17-10-15(19)18-12-5-3-2-4-6-12/h7-9,12,17H,2-6,10H2,1H3,(H,18,19). The van der Waals surface area contributed by atoms with Crippen molar-refractivity contribution >= 4 is 27.5 Å². The number of hydrogen-bond acceptors (Lipinski definition) is 2. The van der Waals surface area contributed by atoms with Gasteiger partial charge in [-0.25, -0.2) is 0 Å². The molecule has 2 N–H and O–H groups in total. The van der Waals surface area contributed by atoms with Gasteiger partial charge in [0.15, 0.2) is 0 Å². The SMILES string of the molecule is Cc1ccc(NCC(=O)NC2CCCCC2)cc1Br. The lowest BCUT2D eigenvalue weighted by Crippen LogP contribution is -2.39. The number of aryl methyl sites for hydroxylation is 1. The fourth-order valence-electron chi connectivity index (χ4n) is 2.41. The van der Waals surface area contributed by atoms with E-state index in [1.165, 1.54) is 24.8 Å². The zero-order valence-corrected chi connectivity index (χ0v) is 12.9. The van der Waals surface area contributed by atoms with Crippen LogP contribution >= 0.6 is 15.9 Å². The second-order valence-electron chi connectivity index (χ2n) is 5.22. The highest BCUT2D eigenvalue weighted by molar-refractivity contribution is 9.10. The van der Waals surface area contributed by atoms with Crippen LogP contribution in [-0.4, -0.2) is 18.5 Å². The highest BCUT2D eigenvalue weighted by atomic mass is 79.9. The maximum absolute atomic E-state index is 11.9. The first kappa shape index (κ1) is 14.4. The summed E-state index contributed by atoms with van der Waals surface area (Å²) in [6, 6.07) is 6.41. The van der Waals surface area contributed by atoms with Gasteiger partial charge >= 0.3 is 0 Å². The number of nitrogens with one attached hydrogen (secondary N) is 2. The van der Waals surface area contributed by atoms with Crippen molar-refractivity contribution < 1.29 is 4.79 Å². The lowest BCUT2D eigenvalue weighted by atomic mass is 9.95. The predicted molar refractivity (Wildman–Crippen MR) is 82.4 cm³/mol. The van der Waals surface area contributed by atoms with Gasteiger partial charge in [-0.05, 0) is 37.5 Å². The summed E-state index contributed by atoms with van der Waals surface area (Å²) in [6.07, 6.45) is 6.04. The smallest absolute Gasteiger partial charge is 0.239 e. The topological polar surface area (TPSA) is 41.1 Å². The molecule has 1 amide bonds. The summed E-state index contributed by atoms with van der Waals surface area (Å²) in [5, 5.41) is 6.26. The molecule has 0 radical (unpaired) electrons. The Morgan fingerprint density at radius 2 is 2.05 bits per heavy atom. The number of halogens is 1. The molecule has 19 heavy (non-hydrogen) atoms. The second kappa shape index (κ2) is 6.94. The van der Waals surface area contributed by atoms with Crippen LogP contribution in [0.2, 0.25) is 0 Å². The van der Waals surface area contributed by atoms with Crippen molar-refractivity contribution in [1.29, 1.82) is 0 Å². The summed E-state index contributed by atoms with van der Waals surface area (Å²) in [7, 11) is 0. The first-order valence-corrected chi connectivity index (χ1v) is 7.74. The van der Waals surface area contributed by atoms with Gasteiger partial charge in [-0.15, -0.1) is 0 Å². The van der Waals surface area contributed by atoms with Gasteiger partial charge in [-0.3, -0.25) is 4.79 Å². The minimum Gasteiger partial charge on any atom is -0.376 e. The van der Waals surface area contributed by atoms with E-state index in [9.17, 15) is 4.79 Å². The number of carbonyl (C=O) groups excluding carboxylic acids is 1. The molecule has 3 nitrogen and oxygen atoms in total. The van der Waals surface area contributed by atoms with E-state index in [0.29, 0.717) is 12.6 Å². The van der Waals surface area contributed by atoms with Crippen molar-refractivity contribution in [2.75, 3.05) is 11.9 Å². The molecule has 1 aliphatic rings. The molecule has 0 atom stereocenters. The van der Waals surface area contributed by atoms with Gasteiger partial charge in [0.2, 0.25) is 5.91 Å². The molecule has 0 saturated heterocycles. The van der Waals surface area contributed by atoms with Gasteiger partial charge in [0, 0.05) is 16.2 Å². The average molecular weight is 325 g/mol. The van der Waals surface area contributed by atoms with Crippen LogP contribution in [0, 0.1) is 6.92 Å². The highest BCUT2D eigenvalue weighted by Crippen LogP contribution is 2.20. The minimum absolute atomic E-state index is 0.0867. The first-order valence-electron chi connectivity index (χ1n) is 6.94. The summed E-state index contributed by atoms with van der Waals surface area (Å²) in [5.41, 5.74) is 2.16. The maximum Gasteiger partial charge on any atom is 0.239 e. The van der Waals surface area contributed by atoms with Gasteiger partial charge in [-0.2, -0.15) is 0 Å². The molecule has 1 saturated carbocycles. The largest absolute Gasteiger partial charge is 0.376 e. The van der Waals surface area contributed by atoms with Crippen molar-refractivity contribution in [3.8, 4) is 0 Å². The molecule has 104 valence electrons. The Hall–Kier alpha value is -1.03. The Morgan fingerprint density at radius 1 is 1.32 bits per heavy atom. The van der Waals surface area contributed by atoms with E-state index in [2.05, 4.69) is 26.6 Å². The first-order chi connectivity index (χ1) is 9.15. The quantitative estimate of drug-likeness (QED) is 0.888. The summed E-state index contributed by atoms with van der Waals surface area (Å²) in [5.74, 6) is 0.0867. The van der Waals surface area contributed by atoms with E-state index in [-0.39, 0.29) is 5.91 Å². The number of hydrogen-bond donors (Lipinski definition) is 2. The lowest BCUT2D eigenvalue weighted by Gasteiger charge is -2.22. The van der Waals surface area contributed by atoms with Crippen LogP contribution in [0.25, 0.3) is 0 Å². The minimum atomic E-state index is 0.0867. The molecule has 4 heteroatoms. The second-order valence-corrected chi connectivity index (χ2v) is 6.07. The molecule has 2 rings (SSSR count). The monoisotopic (exact) mass is 324 g/mol. The van der Waals surface area contributed by atoms with Gasteiger partial charge in [0.05, 0.1) is 6.54 Å². The number of rotatable bonds is 4. The normalized spacial score (nSPS) is 16.1.